The number of carbonyl (C=O) groups excluding carboxylic acids is 1. The van der Waals surface area contributed by atoms with Gasteiger partial charge in [0.15, 0.2) is 0 Å². The molecule has 2 N–H and O–H groups in total. The maximum atomic E-state index is 12.0. The summed E-state index contributed by atoms with van der Waals surface area (Å²) in [5.41, 5.74) is 1.64. The first-order chi connectivity index (χ1) is 9.58. The average Bonchev–Trinajstić information content (AvgIpc) is 2.44. The second-order valence-electron chi connectivity index (χ2n) is 4.28. The van der Waals surface area contributed by atoms with Crippen LogP contribution in [0.4, 0.5) is 0 Å². The molecule has 0 aromatic heterocycles. The Bertz CT molecular complexity index is 448. The van der Waals surface area contributed by atoms with E-state index in [-0.39, 0.29) is 5.91 Å². The Morgan fingerprint density at radius 1 is 1.20 bits per heavy atom. The molecule has 1 atom stereocenters. The number of carbonyl (C=O) groups is 2. The Kier molecular flexibility index (Phi) is 7.54. The zero-order valence-corrected chi connectivity index (χ0v) is 13.2. The van der Waals surface area contributed by atoms with Crippen LogP contribution < -0.4 is 5.32 Å². The highest BCUT2D eigenvalue weighted by Crippen LogP contribution is 2.11. The third-order valence-corrected chi connectivity index (χ3v) is 4.01. The Morgan fingerprint density at radius 3 is 2.35 bits per heavy atom. The molecule has 110 valence electrons. The van der Waals surface area contributed by atoms with E-state index in [1.54, 1.807) is 35.7 Å². The first kappa shape index (κ1) is 16.9. The molecule has 0 aliphatic carbocycles. The maximum Gasteiger partial charge on any atom is 0.326 e. The number of rotatable bonds is 8. The minimum Gasteiger partial charge on any atom is -0.480 e. The molecule has 0 saturated carbocycles. The van der Waals surface area contributed by atoms with Gasteiger partial charge in [-0.05, 0) is 42.4 Å². The molecule has 6 heteroatoms. The van der Waals surface area contributed by atoms with Gasteiger partial charge in [0.25, 0.3) is 5.91 Å². The number of carboxylic acids is 1. The molecule has 0 unspecified atom stereocenters. The molecule has 20 heavy (non-hydrogen) atoms. The topological polar surface area (TPSA) is 66.4 Å². The summed E-state index contributed by atoms with van der Waals surface area (Å²) in [6.45, 7) is 0. The lowest BCUT2D eigenvalue weighted by molar-refractivity contribution is -0.139. The number of hydrogen-bond acceptors (Lipinski definition) is 4. The van der Waals surface area contributed by atoms with Crippen LogP contribution in [0.5, 0.6) is 0 Å². The highest BCUT2D eigenvalue weighted by Gasteiger charge is 2.19. The van der Waals surface area contributed by atoms with Gasteiger partial charge in [0.05, 0.1) is 0 Å². The molecule has 1 aromatic rings. The second kappa shape index (κ2) is 8.92. The van der Waals surface area contributed by atoms with Crippen molar-refractivity contribution >= 4 is 35.4 Å². The van der Waals surface area contributed by atoms with Crippen molar-refractivity contribution < 1.29 is 14.7 Å². The summed E-state index contributed by atoms with van der Waals surface area (Å²) in [5, 5.41) is 11.6. The fourth-order valence-corrected chi connectivity index (χ4v) is 2.65. The van der Waals surface area contributed by atoms with E-state index in [2.05, 4.69) is 5.32 Å². The van der Waals surface area contributed by atoms with Gasteiger partial charge in [0, 0.05) is 11.3 Å². The van der Waals surface area contributed by atoms with Crippen LogP contribution in [0.1, 0.15) is 22.3 Å². The van der Waals surface area contributed by atoms with Gasteiger partial charge in [0.2, 0.25) is 0 Å². The molecule has 4 nitrogen and oxygen atoms in total. The fraction of sp³-hybridized carbons (Fsp3) is 0.429. The molecule has 0 radical (unpaired) electrons. The number of amides is 1. The van der Waals surface area contributed by atoms with E-state index >= 15 is 0 Å². The van der Waals surface area contributed by atoms with Crippen molar-refractivity contribution in [2.45, 2.75) is 18.2 Å². The average molecular weight is 313 g/mol. The van der Waals surface area contributed by atoms with Gasteiger partial charge in [-0.15, -0.1) is 0 Å². The molecule has 0 bridgehead atoms. The molecule has 0 saturated heterocycles. The molecule has 0 heterocycles. The Balaban J connectivity index is 2.65. The van der Waals surface area contributed by atoms with E-state index in [9.17, 15) is 9.59 Å². The Labute approximate surface area is 127 Å². The van der Waals surface area contributed by atoms with E-state index < -0.39 is 12.0 Å². The monoisotopic (exact) mass is 313 g/mol. The first-order valence-corrected chi connectivity index (χ1v) is 8.97. The number of aliphatic carboxylic acids is 1. The zero-order valence-electron chi connectivity index (χ0n) is 11.6. The number of nitrogens with one attached hydrogen (secondary N) is 1. The van der Waals surface area contributed by atoms with Crippen molar-refractivity contribution in [2.24, 2.45) is 0 Å². The van der Waals surface area contributed by atoms with Gasteiger partial charge in [-0.25, -0.2) is 4.79 Å². The Hall–Kier alpha value is -1.14. The molecule has 1 aromatic carbocycles. The van der Waals surface area contributed by atoms with Crippen LogP contribution in [0.3, 0.4) is 0 Å². The molecule has 0 spiro atoms. The summed E-state index contributed by atoms with van der Waals surface area (Å²) in [7, 11) is 0. The van der Waals surface area contributed by atoms with Crippen LogP contribution in [-0.4, -0.2) is 41.3 Å². The minimum absolute atomic E-state index is 0.339. The normalized spacial score (nSPS) is 11.9. The van der Waals surface area contributed by atoms with E-state index in [0.717, 1.165) is 11.3 Å². The standard InChI is InChI=1S/C14H19NO3S2/c1-19-8-7-12(14(17)18)15-13(16)11-5-3-10(4-6-11)9-20-2/h3-6,12H,7-9H2,1-2H3,(H,15,16)(H,17,18)/t12-/m1/s1. The van der Waals surface area contributed by atoms with Crippen LogP contribution in [-0.2, 0) is 10.5 Å². The molecule has 0 fully saturated rings. The number of carboxylic acid groups (broad SMARTS) is 1. The van der Waals surface area contributed by atoms with Gasteiger partial charge < -0.3 is 10.4 Å². The Morgan fingerprint density at radius 2 is 1.85 bits per heavy atom. The van der Waals surface area contributed by atoms with Gasteiger partial charge in [-0.1, -0.05) is 12.1 Å². The first-order valence-electron chi connectivity index (χ1n) is 6.19. The third-order valence-electron chi connectivity index (χ3n) is 2.74. The lowest BCUT2D eigenvalue weighted by Crippen LogP contribution is -2.41. The lowest BCUT2D eigenvalue weighted by Gasteiger charge is -2.14. The summed E-state index contributed by atoms with van der Waals surface area (Å²) >= 11 is 3.27. The van der Waals surface area contributed by atoms with Crippen molar-refractivity contribution in [3.8, 4) is 0 Å². The van der Waals surface area contributed by atoms with Crippen molar-refractivity contribution in [2.75, 3.05) is 18.3 Å². The summed E-state index contributed by atoms with van der Waals surface area (Å²) in [6, 6.07) is 6.41. The molecular formula is C14H19NO3S2. The largest absolute Gasteiger partial charge is 0.480 e. The van der Waals surface area contributed by atoms with E-state index in [4.69, 9.17) is 5.11 Å². The van der Waals surface area contributed by atoms with E-state index in [1.807, 2.05) is 24.6 Å². The fourth-order valence-electron chi connectivity index (χ4n) is 1.65. The highest BCUT2D eigenvalue weighted by atomic mass is 32.2. The van der Waals surface area contributed by atoms with Crippen LogP contribution in [0.25, 0.3) is 0 Å². The van der Waals surface area contributed by atoms with Gasteiger partial charge in [0.1, 0.15) is 6.04 Å². The van der Waals surface area contributed by atoms with Crippen molar-refractivity contribution in [1.29, 1.82) is 0 Å². The SMILES string of the molecule is CSCC[C@@H](NC(=O)c1ccc(CSC)cc1)C(=O)O. The highest BCUT2D eigenvalue weighted by molar-refractivity contribution is 7.98. The predicted molar refractivity (Wildman–Crippen MR) is 85.6 cm³/mol. The quantitative estimate of drug-likeness (QED) is 0.772. The predicted octanol–water partition coefficient (Wildman–Crippen LogP) is 2.49. The molecule has 0 aliphatic rings. The molecule has 1 amide bonds. The van der Waals surface area contributed by atoms with Gasteiger partial charge >= 0.3 is 5.97 Å². The van der Waals surface area contributed by atoms with Crippen molar-refractivity contribution in [3.05, 3.63) is 35.4 Å². The maximum absolute atomic E-state index is 12.0. The zero-order chi connectivity index (χ0) is 15.0. The smallest absolute Gasteiger partial charge is 0.326 e. The van der Waals surface area contributed by atoms with Crippen LogP contribution in [0.2, 0.25) is 0 Å². The van der Waals surface area contributed by atoms with Crippen LogP contribution in [0, 0.1) is 0 Å². The number of benzene rings is 1. The third kappa shape index (κ3) is 5.46. The van der Waals surface area contributed by atoms with E-state index in [0.29, 0.717) is 17.7 Å². The number of thioether (sulfide) groups is 2. The van der Waals surface area contributed by atoms with Crippen molar-refractivity contribution in [3.63, 3.8) is 0 Å². The van der Waals surface area contributed by atoms with E-state index in [1.165, 1.54) is 0 Å². The molecule has 0 aliphatic heterocycles. The molecular weight excluding hydrogens is 294 g/mol. The molecule has 1 rings (SSSR count). The summed E-state index contributed by atoms with van der Waals surface area (Å²) < 4.78 is 0. The van der Waals surface area contributed by atoms with Gasteiger partial charge in [-0.2, -0.15) is 23.5 Å². The van der Waals surface area contributed by atoms with Crippen LogP contribution >= 0.6 is 23.5 Å². The van der Waals surface area contributed by atoms with Gasteiger partial charge in [-0.3, -0.25) is 4.79 Å². The summed E-state index contributed by atoms with van der Waals surface area (Å²) in [6.07, 6.45) is 4.35. The van der Waals surface area contributed by atoms with Crippen molar-refractivity contribution in [1.82, 2.24) is 5.32 Å². The lowest BCUT2D eigenvalue weighted by atomic mass is 10.1. The minimum atomic E-state index is -0.994. The second-order valence-corrected chi connectivity index (χ2v) is 6.13. The van der Waals surface area contributed by atoms with Crippen LogP contribution in [0.15, 0.2) is 24.3 Å². The summed E-state index contributed by atoms with van der Waals surface area (Å²) in [5.74, 6) is 0.262. The number of hydrogen-bond donors (Lipinski definition) is 2. The summed E-state index contributed by atoms with van der Waals surface area (Å²) in [4.78, 5) is 23.1.